The van der Waals surface area contributed by atoms with Crippen LogP contribution in [0.2, 0.25) is 0 Å². The fraction of sp³-hybridized carbons (Fsp3) is 0.875. The number of hydrogen-bond donors (Lipinski definition) is 1. The summed E-state index contributed by atoms with van der Waals surface area (Å²) in [5.74, 6) is -1.46. The molecule has 0 rings (SSSR count). The fourth-order valence-corrected chi connectivity index (χ4v) is 8.32. The third kappa shape index (κ3) is 45.0. The van der Waals surface area contributed by atoms with E-state index in [-0.39, 0.29) is 36.2 Å². The van der Waals surface area contributed by atoms with Gasteiger partial charge in [-0.2, -0.15) is 0 Å². The number of unbranched alkanes of at least 4 members (excludes halogenated alkanes) is 32. The van der Waals surface area contributed by atoms with Crippen LogP contribution in [-0.2, 0) is 28.6 Å². The van der Waals surface area contributed by atoms with Gasteiger partial charge in [-0.25, -0.2) is 4.79 Å². The monoisotopic (exact) mass is 905 g/mol. The minimum atomic E-state index is -0.873. The largest absolute Gasteiger partial charge is 0.477 e. The molecule has 0 fully saturated rings. The summed E-state index contributed by atoms with van der Waals surface area (Å²) in [4.78, 5) is 37.2. The zero-order chi connectivity index (χ0) is 47.0. The smallest absolute Gasteiger partial charge is 0.362 e. The maximum absolute atomic E-state index is 12.8. The third-order valence-electron chi connectivity index (χ3n) is 12.6. The first-order valence-electron chi connectivity index (χ1n) is 27.4. The minimum Gasteiger partial charge on any atom is -0.477 e. The SMILES string of the molecule is CCCCCCCCCC/C=C/CCCCCCCCCC(=O)OCC(COCCC(C(=O)O)[N+](C)(C)C)OC(=O)CCCCCCCCC/C=C/CCCCCCCCCCCC. The standard InChI is InChI=1S/C56H105NO7/c1-6-8-10-12-14-16-18-20-22-24-26-27-29-31-33-35-37-39-41-43-45-47-55(59)64-52(50-62-49-48-53(56(60)61)57(3,4)5)51-63-54(58)46-44-42-40-38-36-34-32-30-28-25-23-21-19-17-15-13-11-9-7-2/h25,27-29,52-53H,6-24,26,30-51H2,1-5H3/p+1/b28-25+,29-27+. The van der Waals surface area contributed by atoms with Crippen molar-refractivity contribution in [3.63, 3.8) is 0 Å². The zero-order valence-electron chi connectivity index (χ0n) is 43.0. The molecular weight excluding hydrogens is 799 g/mol. The molecule has 2 unspecified atom stereocenters. The molecule has 0 aromatic rings. The summed E-state index contributed by atoms with van der Waals surface area (Å²) in [5.41, 5.74) is 0. The summed E-state index contributed by atoms with van der Waals surface area (Å²) in [6.07, 6.45) is 55.2. The second-order valence-electron chi connectivity index (χ2n) is 19.8. The molecular formula is C56H106NO7+. The van der Waals surface area contributed by atoms with Crippen molar-refractivity contribution in [2.24, 2.45) is 0 Å². The molecule has 0 radical (unpaired) electrons. The number of quaternary nitrogens is 1. The Morgan fingerprint density at radius 2 is 0.781 bits per heavy atom. The van der Waals surface area contributed by atoms with Crippen molar-refractivity contribution in [1.29, 1.82) is 0 Å². The molecule has 0 bridgehead atoms. The van der Waals surface area contributed by atoms with Gasteiger partial charge in [0.05, 0.1) is 34.4 Å². The Hall–Kier alpha value is -2.19. The van der Waals surface area contributed by atoms with Crippen LogP contribution in [-0.4, -0.2) is 80.6 Å². The predicted molar refractivity (Wildman–Crippen MR) is 271 cm³/mol. The van der Waals surface area contributed by atoms with E-state index in [0.717, 1.165) is 38.5 Å². The molecule has 0 aliphatic carbocycles. The van der Waals surface area contributed by atoms with E-state index in [1.165, 1.54) is 193 Å². The van der Waals surface area contributed by atoms with Crippen LogP contribution in [0, 0.1) is 0 Å². The van der Waals surface area contributed by atoms with Gasteiger partial charge in [0, 0.05) is 19.3 Å². The molecule has 0 spiro atoms. The molecule has 0 aliphatic heterocycles. The summed E-state index contributed by atoms with van der Waals surface area (Å²) in [6.45, 7) is 4.77. The van der Waals surface area contributed by atoms with Crippen LogP contribution in [0.15, 0.2) is 24.3 Å². The Morgan fingerprint density at radius 3 is 1.12 bits per heavy atom. The molecule has 376 valence electrons. The van der Waals surface area contributed by atoms with Gasteiger partial charge < -0.3 is 23.8 Å². The number of hydrogen-bond acceptors (Lipinski definition) is 6. The highest BCUT2D eigenvalue weighted by Gasteiger charge is 2.31. The number of rotatable bonds is 50. The van der Waals surface area contributed by atoms with Crippen LogP contribution >= 0.6 is 0 Å². The Labute approximate surface area is 396 Å². The molecule has 0 saturated heterocycles. The first-order chi connectivity index (χ1) is 31.1. The van der Waals surface area contributed by atoms with Crippen molar-refractivity contribution < 1.29 is 38.2 Å². The van der Waals surface area contributed by atoms with Crippen LogP contribution in [0.5, 0.6) is 0 Å². The zero-order valence-corrected chi connectivity index (χ0v) is 43.0. The normalized spacial score (nSPS) is 13.0. The predicted octanol–water partition coefficient (Wildman–Crippen LogP) is 16.0. The molecule has 2 atom stereocenters. The number of carbonyl (C=O) groups excluding carboxylic acids is 2. The molecule has 0 aromatic heterocycles. The van der Waals surface area contributed by atoms with Gasteiger partial charge in [-0.1, -0.05) is 205 Å². The molecule has 1 N–H and O–H groups in total. The van der Waals surface area contributed by atoms with Crippen molar-refractivity contribution in [2.45, 2.75) is 276 Å². The quantitative estimate of drug-likeness (QED) is 0.0281. The lowest BCUT2D eigenvalue weighted by Gasteiger charge is -2.31. The molecule has 8 heteroatoms. The van der Waals surface area contributed by atoms with Crippen molar-refractivity contribution >= 4 is 17.9 Å². The van der Waals surface area contributed by atoms with Gasteiger partial charge >= 0.3 is 17.9 Å². The first-order valence-corrected chi connectivity index (χ1v) is 27.4. The maximum atomic E-state index is 12.8. The molecule has 0 amide bonds. The minimum absolute atomic E-state index is 0.0513. The van der Waals surface area contributed by atoms with Crippen molar-refractivity contribution in [3.05, 3.63) is 24.3 Å². The highest BCUT2D eigenvalue weighted by Crippen LogP contribution is 2.16. The number of carboxylic acids is 1. The van der Waals surface area contributed by atoms with Gasteiger partial charge in [0.1, 0.15) is 6.61 Å². The molecule has 64 heavy (non-hydrogen) atoms. The number of likely N-dealkylation sites (N-methyl/N-ethyl adjacent to an activating group) is 1. The van der Waals surface area contributed by atoms with Gasteiger partial charge in [-0.15, -0.1) is 0 Å². The summed E-state index contributed by atoms with van der Waals surface area (Å²) in [5, 5.41) is 9.66. The van der Waals surface area contributed by atoms with Gasteiger partial charge in [0.2, 0.25) is 0 Å². The summed E-state index contributed by atoms with van der Waals surface area (Å²) in [6, 6.07) is -0.615. The molecule has 0 aromatic carbocycles. The molecule has 8 nitrogen and oxygen atoms in total. The van der Waals surface area contributed by atoms with E-state index in [2.05, 4.69) is 38.2 Å². The number of carbonyl (C=O) groups is 3. The number of esters is 2. The van der Waals surface area contributed by atoms with Crippen LogP contribution in [0.25, 0.3) is 0 Å². The number of nitrogens with zero attached hydrogens (tertiary/aromatic N) is 1. The number of carboxylic acid groups (broad SMARTS) is 1. The van der Waals surface area contributed by atoms with Crippen LogP contribution < -0.4 is 0 Å². The van der Waals surface area contributed by atoms with E-state index in [4.69, 9.17) is 14.2 Å². The Balaban J connectivity index is 4.20. The van der Waals surface area contributed by atoms with Gasteiger partial charge in [0.15, 0.2) is 12.1 Å². The third-order valence-corrected chi connectivity index (χ3v) is 12.6. The summed E-state index contributed by atoms with van der Waals surface area (Å²) >= 11 is 0. The van der Waals surface area contributed by atoms with Crippen molar-refractivity contribution in [1.82, 2.24) is 0 Å². The van der Waals surface area contributed by atoms with E-state index in [1.807, 2.05) is 21.1 Å². The van der Waals surface area contributed by atoms with Crippen molar-refractivity contribution in [3.8, 4) is 0 Å². The summed E-state index contributed by atoms with van der Waals surface area (Å²) < 4.78 is 17.4. The van der Waals surface area contributed by atoms with Crippen molar-refractivity contribution in [2.75, 3.05) is 41.0 Å². The molecule has 0 saturated carbocycles. The van der Waals surface area contributed by atoms with E-state index in [0.29, 0.717) is 19.3 Å². The second kappa shape index (κ2) is 47.3. The van der Waals surface area contributed by atoms with E-state index < -0.39 is 18.1 Å². The van der Waals surface area contributed by atoms with E-state index in [9.17, 15) is 19.5 Å². The van der Waals surface area contributed by atoms with Gasteiger partial charge in [0.25, 0.3) is 0 Å². The molecule has 0 heterocycles. The average Bonchev–Trinajstić information content (AvgIpc) is 3.26. The topological polar surface area (TPSA) is 99.1 Å². The van der Waals surface area contributed by atoms with Crippen LogP contribution in [0.1, 0.15) is 264 Å². The lowest BCUT2D eigenvalue weighted by atomic mass is 10.1. The number of ether oxygens (including phenoxy) is 3. The Kier molecular flexibility index (Phi) is 45.7. The lowest BCUT2D eigenvalue weighted by molar-refractivity contribution is -0.887. The fourth-order valence-electron chi connectivity index (χ4n) is 8.32. The number of allylic oxidation sites excluding steroid dienone is 4. The van der Waals surface area contributed by atoms with Gasteiger partial charge in [-0.3, -0.25) is 9.59 Å². The van der Waals surface area contributed by atoms with Crippen LogP contribution in [0.3, 0.4) is 0 Å². The Morgan fingerprint density at radius 1 is 0.453 bits per heavy atom. The maximum Gasteiger partial charge on any atom is 0.362 e. The van der Waals surface area contributed by atoms with E-state index >= 15 is 0 Å². The lowest BCUT2D eigenvalue weighted by Crippen LogP contribution is -2.50. The number of aliphatic carboxylic acids is 1. The van der Waals surface area contributed by atoms with Gasteiger partial charge in [-0.05, 0) is 64.2 Å². The highest BCUT2D eigenvalue weighted by atomic mass is 16.6. The highest BCUT2D eigenvalue weighted by molar-refractivity contribution is 5.72. The molecule has 0 aliphatic rings. The second-order valence-corrected chi connectivity index (χ2v) is 19.8. The average molecular weight is 905 g/mol. The van der Waals surface area contributed by atoms with Crippen LogP contribution in [0.4, 0.5) is 0 Å². The van der Waals surface area contributed by atoms with E-state index in [1.54, 1.807) is 0 Å². The first kappa shape index (κ1) is 61.8. The summed E-state index contributed by atoms with van der Waals surface area (Å²) in [7, 11) is 5.54. The Bertz CT molecular complexity index is 1100.